The van der Waals surface area contributed by atoms with Gasteiger partial charge in [0, 0.05) is 32.6 Å². The molecular formula is C15H19ClN2. The van der Waals surface area contributed by atoms with Crippen molar-refractivity contribution in [3.05, 3.63) is 29.3 Å². The highest BCUT2D eigenvalue weighted by Gasteiger charge is 2.17. The maximum Gasteiger partial charge on any atom is 0.0639 e. The molecule has 0 aliphatic carbocycles. The van der Waals surface area contributed by atoms with E-state index in [4.69, 9.17) is 18.0 Å². The molecule has 0 atom stereocenters. The second-order valence-electron chi connectivity index (χ2n) is 4.59. The molecule has 3 heteroatoms. The van der Waals surface area contributed by atoms with Gasteiger partial charge in [0.1, 0.15) is 0 Å². The van der Waals surface area contributed by atoms with Crippen LogP contribution < -0.4 is 4.90 Å². The molecule has 0 amide bonds. The van der Waals surface area contributed by atoms with E-state index in [1.165, 1.54) is 0 Å². The van der Waals surface area contributed by atoms with Crippen molar-refractivity contribution in [2.24, 2.45) is 0 Å². The fourth-order valence-electron chi connectivity index (χ4n) is 2.33. The second kappa shape index (κ2) is 6.68. The lowest BCUT2D eigenvalue weighted by Gasteiger charge is -2.36. The molecule has 1 saturated heterocycles. The minimum Gasteiger partial charge on any atom is -0.368 e. The van der Waals surface area contributed by atoms with E-state index < -0.39 is 0 Å². The topological polar surface area (TPSA) is 6.48 Å². The Labute approximate surface area is 115 Å². The summed E-state index contributed by atoms with van der Waals surface area (Å²) in [5.41, 5.74) is 1.16. The molecule has 1 aromatic rings. The molecule has 0 bridgehead atoms. The number of anilines is 1. The number of hydrogen-bond donors (Lipinski definition) is 0. The van der Waals surface area contributed by atoms with Crippen molar-refractivity contribution in [3.8, 4) is 12.3 Å². The van der Waals surface area contributed by atoms with E-state index in [0.29, 0.717) is 0 Å². The number of unbranched alkanes of at least 4 members (excludes halogenated alkanes) is 1. The standard InChI is InChI=1S/C15H19ClN2/c1-2-3-6-9-17-10-12-18(13-11-17)15-8-5-4-7-14(15)16/h1,4-5,7-8H,3,6,9-13H2. The summed E-state index contributed by atoms with van der Waals surface area (Å²) in [5, 5.41) is 0.846. The van der Waals surface area contributed by atoms with Gasteiger partial charge in [0.25, 0.3) is 0 Å². The first kappa shape index (κ1) is 13.3. The van der Waals surface area contributed by atoms with E-state index in [2.05, 4.69) is 21.8 Å². The number of hydrogen-bond acceptors (Lipinski definition) is 2. The Balaban J connectivity index is 1.84. The quantitative estimate of drug-likeness (QED) is 0.608. The predicted molar refractivity (Wildman–Crippen MR) is 78.2 cm³/mol. The van der Waals surface area contributed by atoms with Crippen LogP contribution in [0.4, 0.5) is 5.69 Å². The van der Waals surface area contributed by atoms with Crippen molar-refractivity contribution in [2.75, 3.05) is 37.6 Å². The molecule has 2 rings (SSSR count). The average molecular weight is 263 g/mol. The zero-order valence-corrected chi connectivity index (χ0v) is 11.4. The molecule has 2 nitrogen and oxygen atoms in total. The van der Waals surface area contributed by atoms with Gasteiger partial charge in [-0.25, -0.2) is 0 Å². The maximum absolute atomic E-state index is 6.22. The molecule has 1 aliphatic rings. The minimum atomic E-state index is 0.846. The second-order valence-corrected chi connectivity index (χ2v) is 4.99. The maximum atomic E-state index is 6.22. The number of benzene rings is 1. The summed E-state index contributed by atoms with van der Waals surface area (Å²) in [6.45, 7) is 5.38. The van der Waals surface area contributed by atoms with Gasteiger partial charge in [-0.2, -0.15) is 0 Å². The Bertz CT molecular complexity index is 417. The van der Waals surface area contributed by atoms with Crippen molar-refractivity contribution in [3.63, 3.8) is 0 Å². The number of para-hydroxylation sites is 1. The Morgan fingerprint density at radius 2 is 1.89 bits per heavy atom. The van der Waals surface area contributed by atoms with E-state index in [9.17, 15) is 0 Å². The van der Waals surface area contributed by atoms with E-state index in [-0.39, 0.29) is 0 Å². The third-order valence-electron chi connectivity index (χ3n) is 3.36. The van der Waals surface area contributed by atoms with Crippen molar-refractivity contribution in [2.45, 2.75) is 12.8 Å². The predicted octanol–water partition coefficient (Wildman–Crippen LogP) is 2.88. The summed E-state index contributed by atoms with van der Waals surface area (Å²) < 4.78 is 0. The average Bonchev–Trinajstić information content (AvgIpc) is 2.41. The lowest BCUT2D eigenvalue weighted by atomic mass is 10.2. The van der Waals surface area contributed by atoms with E-state index >= 15 is 0 Å². The first-order valence-corrected chi connectivity index (χ1v) is 6.84. The third-order valence-corrected chi connectivity index (χ3v) is 3.68. The minimum absolute atomic E-state index is 0.846. The molecule has 1 aliphatic heterocycles. The smallest absolute Gasteiger partial charge is 0.0639 e. The third kappa shape index (κ3) is 3.41. The normalized spacial score (nSPS) is 16.6. The van der Waals surface area contributed by atoms with Crippen LogP contribution in [0.1, 0.15) is 12.8 Å². The highest BCUT2D eigenvalue weighted by Crippen LogP contribution is 2.25. The Kier molecular flexibility index (Phi) is 4.92. The van der Waals surface area contributed by atoms with Gasteiger partial charge in [-0.15, -0.1) is 12.3 Å². The van der Waals surface area contributed by atoms with Crippen LogP contribution in [0.25, 0.3) is 0 Å². The van der Waals surface area contributed by atoms with E-state index in [1.54, 1.807) is 0 Å². The van der Waals surface area contributed by atoms with Crippen molar-refractivity contribution < 1.29 is 0 Å². The zero-order chi connectivity index (χ0) is 12.8. The Hall–Kier alpha value is -1.17. The van der Waals surface area contributed by atoms with Crippen LogP contribution in [0.15, 0.2) is 24.3 Å². The van der Waals surface area contributed by atoms with Gasteiger partial charge < -0.3 is 4.90 Å². The zero-order valence-electron chi connectivity index (χ0n) is 10.6. The molecular weight excluding hydrogens is 244 g/mol. The lowest BCUT2D eigenvalue weighted by Crippen LogP contribution is -2.46. The number of piperazine rings is 1. The van der Waals surface area contributed by atoms with Crippen LogP contribution in [0.2, 0.25) is 5.02 Å². The largest absolute Gasteiger partial charge is 0.368 e. The molecule has 0 N–H and O–H groups in total. The molecule has 1 heterocycles. The summed E-state index contributed by atoms with van der Waals surface area (Å²) in [7, 11) is 0. The molecule has 0 unspecified atom stereocenters. The van der Waals surface area contributed by atoms with Gasteiger partial charge in [0.2, 0.25) is 0 Å². The summed E-state index contributed by atoms with van der Waals surface area (Å²) in [4.78, 5) is 4.84. The van der Waals surface area contributed by atoms with Gasteiger partial charge in [-0.05, 0) is 25.1 Å². The number of halogens is 1. The summed E-state index contributed by atoms with van der Waals surface area (Å²) in [6.07, 6.45) is 7.25. The van der Waals surface area contributed by atoms with Gasteiger partial charge >= 0.3 is 0 Å². The van der Waals surface area contributed by atoms with Crippen LogP contribution in [0.3, 0.4) is 0 Å². The number of nitrogens with zero attached hydrogens (tertiary/aromatic N) is 2. The van der Waals surface area contributed by atoms with Crippen LogP contribution >= 0.6 is 11.6 Å². The van der Waals surface area contributed by atoms with Crippen LogP contribution in [0, 0.1) is 12.3 Å². The summed E-state index contributed by atoms with van der Waals surface area (Å²) >= 11 is 6.22. The Morgan fingerprint density at radius 3 is 2.56 bits per heavy atom. The SMILES string of the molecule is C#CCCCN1CCN(c2ccccc2Cl)CC1. The van der Waals surface area contributed by atoms with Crippen LogP contribution in [-0.2, 0) is 0 Å². The number of rotatable bonds is 4. The molecule has 0 spiro atoms. The molecule has 18 heavy (non-hydrogen) atoms. The molecule has 0 aromatic heterocycles. The van der Waals surface area contributed by atoms with Crippen molar-refractivity contribution in [1.82, 2.24) is 4.90 Å². The first-order valence-electron chi connectivity index (χ1n) is 6.46. The van der Waals surface area contributed by atoms with Crippen molar-refractivity contribution >= 4 is 17.3 Å². The Morgan fingerprint density at radius 1 is 1.17 bits per heavy atom. The summed E-state index contributed by atoms with van der Waals surface area (Å²) in [5.74, 6) is 2.69. The number of terminal acetylenes is 1. The molecule has 0 radical (unpaired) electrons. The highest BCUT2D eigenvalue weighted by atomic mass is 35.5. The highest BCUT2D eigenvalue weighted by molar-refractivity contribution is 6.33. The fourth-order valence-corrected chi connectivity index (χ4v) is 2.58. The van der Waals surface area contributed by atoms with E-state index in [1.807, 2.05) is 18.2 Å². The molecule has 0 saturated carbocycles. The van der Waals surface area contributed by atoms with Gasteiger partial charge in [0.15, 0.2) is 0 Å². The fraction of sp³-hybridized carbons (Fsp3) is 0.467. The van der Waals surface area contributed by atoms with Gasteiger partial charge in [-0.3, -0.25) is 4.90 Å². The van der Waals surface area contributed by atoms with Crippen LogP contribution in [-0.4, -0.2) is 37.6 Å². The van der Waals surface area contributed by atoms with Crippen molar-refractivity contribution in [1.29, 1.82) is 0 Å². The molecule has 1 aromatic carbocycles. The molecule has 96 valence electrons. The lowest BCUT2D eigenvalue weighted by molar-refractivity contribution is 0.256. The summed E-state index contributed by atoms with van der Waals surface area (Å²) in [6, 6.07) is 8.06. The van der Waals surface area contributed by atoms with Gasteiger partial charge in [-0.1, -0.05) is 23.7 Å². The van der Waals surface area contributed by atoms with E-state index in [0.717, 1.165) is 56.3 Å². The molecule has 1 fully saturated rings. The first-order chi connectivity index (χ1) is 8.81. The van der Waals surface area contributed by atoms with Gasteiger partial charge in [0.05, 0.1) is 10.7 Å². The monoisotopic (exact) mass is 262 g/mol. The van der Waals surface area contributed by atoms with Crippen LogP contribution in [0.5, 0.6) is 0 Å².